The van der Waals surface area contributed by atoms with Crippen LogP contribution in [0.25, 0.3) is 10.2 Å². The first-order valence-corrected chi connectivity index (χ1v) is 11.7. The fourth-order valence-electron chi connectivity index (χ4n) is 3.74. The van der Waals surface area contributed by atoms with Gasteiger partial charge < -0.3 is 9.47 Å². The van der Waals surface area contributed by atoms with E-state index in [4.69, 9.17) is 9.47 Å². The van der Waals surface area contributed by atoms with Crippen molar-refractivity contribution in [3.05, 3.63) is 65.5 Å². The number of carbonyl (C=O) groups excluding carboxylic acids is 2. The highest BCUT2D eigenvalue weighted by Gasteiger charge is 2.32. The third kappa shape index (κ3) is 5.04. The molecule has 9 heteroatoms. The quantitative estimate of drug-likeness (QED) is 0.465. The van der Waals surface area contributed by atoms with Crippen LogP contribution in [0.2, 0.25) is 0 Å². The first-order chi connectivity index (χ1) is 16.2. The van der Waals surface area contributed by atoms with E-state index in [1.54, 1.807) is 12.0 Å². The Bertz CT molecular complexity index is 1250. The fourth-order valence-corrected chi connectivity index (χ4v) is 4.78. The van der Waals surface area contributed by atoms with Crippen LogP contribution in [0.5, 0.6) is 5.75 Å². The van der Waals surface area contributed by atoms with Crippen molar-refractivity contribution >= 4 is 38.7 Å². The molecule has 2 heterocycles. The smallest absolute Gasteiger partial charge is 0.411 e. The Morgan fingerprint density at radius 1 is 1.15 bits per heavy atom. The number of carbonyl (C=O) groups is 2. The number of amides is 2. The summed E-state index contributed by atoms with van der Waals surface area (Å²) in [4.78, 5) is 31.9. The Morgan fingerprint density at radius 2 is 1.88 bits per heavy atom. The lowest BCUT2D eigenvalue weighted by molar-refractivity contribution is 0.0177. The van der Waals surface area contributed by atoms with Crippen molar-refractivity contribution in [2.24, 2.45) is 0 Å². The summed E-state index contributed by atoms with van der Waals surface area (Å²) >= 11 is 1.30. The Hall–Kier alpha value is -3.46. The molecule has 3 aromatic rings. The van der Waals surface area contributed by atoms with E-state index in [1.807, 2.05) is 45.1 Å². The van der Waals surface area contributed by atoms with Gasteiger partial charge in [-0.15, -0.1) is 0 Å². The maximum Gasteiger partial charge on any atom is 0.411 e. The lowest BCUT2D eigenvalue weighted by Gasteiger charge is -2.35. The number of halogens is 1. The largest absolute Gasteiger partial charge is 0.494 e. The van der Waals surface area contributed by atoms with Gasteiger partial charge in [-0.2, -0.15) is 0 Å². The molecule has 0 saturated heterocycles. The van der Waals surface area contributed by atoms with Crippen LogP contribution in [0.4, 0.5) is 14.3 Å². The van der Waals surface area contributed by atoms with E-state index < -0.39 is 17.3 Å². The van der Waals surface area contributed by atoms with Crippen molar-refractivity contribution in [3.63, 3.8) is 0 Å². The maximum atomic E-state index is 13.2. The van der Waals surface area contributed by atoms with Crippen LogP contribution in [0, 0.1) is 5.82 Å². The molecule has 1 N–H and O–H groups in total. The van der Waals surface area contributed by atoms with Crippen LogP contribution >= 0.6 is 11.3 Å². The average molecular weight is 484 g/mol. The summed E-state index contributed by atoms with van der Waals surface area (Å²) in [6.45, 7) is 5.94. The summed E-state index contributed by atoms with van der Waals surface area (Å²) in [6.07, 6.45) is 4.22. The number of ether oxygens (including phenoxy) is 2. The summed E-state index contributed by atoms with van der Waals surface area (Å²) in [5.41, 5.74) is 1.20. The fraction of sp³-hybridized carbons (Fsp3) is 0.320. The van der Waals surface area contributed by atoms with Gasteiger partial charge in [0.2, 0.25) is 0 Å². The number of nitrogens with one attached hydrogen (secondary N) is 1. The number of hydrogen-bond acceptors (Lipinski definition) is 6. The van der Waals surface area contributed by atoms with Crippen molar-refractivity contribution in [2.45, 2.75) is 38.8 Å². The van der Waals surface area contributed by atoms with Crippen LogP contribution < -0.4 is 10.1 Å². The molecule has 1 aliphatic rings. The molecular formula is C25H26FN3O4S. The van der Waals surface area contributed by atoms with Crippen molar-refractivity contribution in [2.75, 3.05) is 19.0 Å². The van der Waals surface area contributed by atoms with Crippen LogP contribution in [0.3, 0.4) is 0 Å². The van der Waals surface area contributed by atoms with Gasteiger partial charge in [0.05, 0.1) is 17.9 Å². The topological polar surface area (TPSA) is 80.8 Å². The third-order valence-electron chi connectivity index (χ3n) is 5.28. The Balaban J connectivity index is 1.69. The van der Waals surface area contributed by atoms with E-state index in [2.05, 4.69) is 10.3 Å². The zero-order valence-corrected chi connectivity index (χ0v) is 20.2. The highest BCUT2D eigenvalue weighted by molar-refractivity contribution is 7.22. The van der Waals surface area contributed by atoms with E-state index in [9.17, 15) is 14.0 Å². The van der Waals surface area contributed by atoms with Crippen LogP contribution in [0.1, 0.15) is 49.2 Å². The normalized spacial score (nSPS) is 15.9. The first-order valence-electron chi connectivity index (χ1n) is 10.9. The number of thiazole rings is 1. The Labute approximate surface area is 201 Å². The lowest BCUT2D eigenvalue weighted by Crippen LogP contribution is -2.40. The molecule has 2 amide bonds. The van der Waals surface area contributed by atoms with E-state index in [0.29, 0.717) is 34.9 Å². The number of rotatable bonds is 4. The van der Waals surface area contributed by atoms with Crippen LogP contribution in [-0.2, 0) is 4.74 Å². The molecular weight excluding hydrogens is 457 g/mol. The number of aromatic nitrogens is 1. The molecule has 4 rings (SSSR count). The molecule has 0 saturated carbocycles. The standard InChI is InChI=1S/C25H26FN3O4S/c1-25(2,3)33-24(31)29-14-6-5-7-18(29)17-12-13-19(32-4)20-21(17)34-23(27-20)28-22(30)15-8-10-16(26)11-9-15/h5-6,8-13,18H,7,14H2,1-4H3,(H,27,28,30). The Kier molecular flexibility index (Phi) is 6.56. The predicted molar refractivity (Wildman–Crippen MR) is 130 cm³/mol. The molecule has 178 valence electrons. The SMILES string of the molecule is COc1ccc(C2CC=CCN2C(=O)OC(C)(C)C)c2sc(NC(=O)c3ccc(F)cc3)nc12. The van der Waals surface area contributed by atoms with Gasteiger partial charge in [0, 0.05) is 12.1 Å². The number of nitrogens with zero attached hydrogens (tertiary/aromatic N) is 2. The molecule has 1 unspecified atom stereocenters. The highest BCUT2D eigenvalue weighted by Crippen LogP contribution is 2.41. The van der Waals surface area contributed by atoms with Gasteiger partial charge in [-0.05, 0) is 63.1 Å². The maximum absolute atomic E-state index is 13.2. The molecule has 0 spiro atoms. The summed E-state index contributed by atoms with van der Waals surface area (Å²) < 4.78 is 25.1. The average Bonchev–Trinajstić information content (AvgIpc) is 3.21. The number of methoxy groups -OCH3 is 1. The molecule has 7 nitrogen and oxygen atoms in total. The summed E-state index contributed by atoms with van der Waals surface area (Å²) in [5.74, 6) is -0.245. The molecule has 1 atom stereocenters. The van der Waals surface area contributed by atoms with Gasteiger partial charge in [-0.25, -0.2) is 14.2 Å². The summed E-state index contributed by atoms with van der Waals surface area (Å²) in [6, 6.07) is 8.77. The molecule has 1 aromatic heterocycles. The van der Waals surface area contributed by atoms with Crippen molar-refractivity contribution in [1.29, 1.82) is 0 Å². The number of benzene rings is 2. The molecule has 2 aromatic carbocycles. The third-order valence-corrected chi connectivity index (χ3v) is 6.30. The van der Waals surface area contributed by atoms with Gasteiger partial charge in [0.25, 0.3) is 5.91 Å². The van der Waals surface area contributed by atoms with Gasteiger partial charge in [-0.3, -0.25) is 15.0 Å². The molecule has 0 aliphatic carbocycles. The van der Waals surface area contributed by atoms with Gasteiger partial charge in [0.15, 0.2) is 5.13 Å². The predicted octanol–water partition coefficient (Wildman–Crippen LogP) is 5.93. The van der Waals surface area contributed by atoms with Crippen molar-refractivity contribution in [1.82, 2.24) is 9.88 Å². The van der Waals surface area contributed by atoms with Gasteiger partial charge in [-0.1, -0.05) is 29.6 Å². The second-order valence-corrected chi connectivity index (χ2v) is 9.87. The van der Waals surface area contributed by atoms with Gasteiger partial charge in [0.1, 0.15) is 22.7 Å². The lowest BCUT2D eigenvalue weighted by atomic mass is 9.99. The molecule has 1 aliphatic heterocycles. The number of hydrogen-bond donors (Lipinski definition) is 1. The van der Waals surface area contributed by atoms with Crippen molar-refractivity contribution in [3.8, 4) is 5.75 Å². The zero-order valence-electron chi connectivity index (χ0n) is 19.4. The van der Waals surface area contributed by atoms with Gasteiger partial charge >= 0.3 is 6.09 Å². The minimum Gasteiger partial charge on any atom is -0.494 e. The Morgan fingerprint density at radius 3 is 2.56 bits per heavy atom. The van der Waals surface area contributed by atoms with Crippen LogP contribution in [0.15, 0.2) is 48.6 Å². The summed E-state index contributed by atoms with van der Waals surface area (Å²) in [7, 11) is 1.56. The minimum absolute atomic E-state index is 0.255. The molecule has 0 fully saturated rings. The number of fused-ring (bicyclic) bond motifs is 1. The van der Waals surface area contributed by atoms with Crippen LogP contribution in [-0.4, -0.2) is 41.1 Å². The van der Waals surface area contributed by atoms with E-state index in [0.717, 1.165) is 10.3 Å². The first kappa shape index (κ1) is 23.7. The summed E-state index contributed by atoms with van der Waals surface area (Å²) in [5, 5.41) is 3.16. The molecule has 34 heavy (non-hydrogen) atoms. The van der Waals surface area contributed by atoms with E-state index >= 15 is 0 Å². The minimum atomic E-state index is -0.611. The zero-order chi connectivity index (χ0) is 24.5. The molecule has 0 radical (unpaired) electrons. The second kappa shape index (κ2) is 9.42. The highest BCUT2D eigenvalue weighted by atomic mass is 32.1. The number of anilines is 1. The van der Waals surface area contributed by atoms with Crippen molar-refractivity contribution < 1.29 is 23.5 Å². The molecule has 0 bridgehead atoms. The van der Waals surface area contributed by atoms with E-state index in [-0.39, 0.29) is 12.1 Å². The van der Waals surface area contributed by atoms with E-state index in [1.165, 1.54) is 35.6 Å². The monoisotopic (exact) mass is 483 g/mol. The second-order valence-electron chi connectivity index (χ2n) is 8.87.